The predicted molar refractivity (Wildman–Crippen MR) is 117 cm³/mol. The molecule has 0 aliphatic rings. The molecule has 0 bridgehead atoms. The molecule has 1 aromatic heterocycles. The van der Waals surface area contributed by atoms with Gasteiger partial charge in [-0.15, -0.1) is 0 Å². The second-order valence-corrected chi connectivity index (χ2v) is 7.87. The zero-order valence-corrected chi connectivity index (χ0v) is 17.8. The summed E-state index contributed by atoms with van der Waals surface area (Å²) in [4.78, 5) is 0. The molecule has 0 fully saturated rings. The van der Waals surface area contributed by atoms with E-state index in [1.54, 1.807) is 22.9 Å². The quantitative estimate of drug-likeness (QED) is 0.412. The molecule has 0 unspecified atom stereocenters. The average Bonchev–Trinajstić information content (AvgIpc) is 2.92. The van der Waals surface area contributed by atoms with Gasteiger partial charge in [-0.1, -0.05) is 40.9 Å². The van der Waals surface area contributed by atoms with Crippen molar-refractivity contribution in [3.8, 4) is 0 Å². The van der Waals surface area contributed by atoms with Crippen molar-refractivity contribution >= 4 is 79.6 Å². The van der Waals surface area contributed by atoms with Crippen molar-refractivity contribution in [1.82, 2.24) is 9.78 Å². The average molecular weight is 491 g/mol. The van der Waals surface area contributed by atoms with Crippen LogP contribution >= 0.6 is 63.0 Å². The van der Waals surface area contributed by atoms with Crippen molar-refractivity contribution in [3.63, 3.8) is 0 Å². The lowest BCUT2D eigenvalue weighted by Gasteiger charge is -2.09. The third kappa shape index (κ3) is 5.11. The number of halogens is 4. The summed E-state index contributed by atoms with van der Waals surface area (Å²) >= 11 is 26.7. The number of rotatable bonds is 4. The molecule has 2 aromatic carbocycles. The lowest BCUT2D eigenvalue weighted by atomic mass is 10.2. The minimum atomic E-state index is 0.424. The Hall–Kier alpha value is -1.31. The number of hydrogen-bond acceptors (Lipinski definition) is 2. The zero-order valence-electron chi connectivity index (χ0n) is 13.1. The Kier molecular flexibility index (Phi) is 6.42. The van der Waals surface area contributed by atoms with Gasteiger partial charge >= 0.3 is 0 Å². The van der Waals surface area contributed by atoms with E-state index in [0.717, 1.165) is 15.7 Å². The van der Waals surface area contributed by atoms with Gasteiger partial charge in [0.05, 0.1) is 21.1 Å². The van der Waals surface area contributed by atoms with Gasteiger partial charge in [0.2, 0.25) is 0 Å². The maximum absolute atomic E-state index is 6.06. The van der Waals surface area contributed by atoms with E-state index in [2.05, 4.69) is 31.7 Å². The van der Waals surface area contributed by atoms with Gasteiger partial charge in [-0.25, -0.2) is 0 Å². The molecule has 0 saturated heterocycles. The Morgan fingerprint density at radius 3 is 2.46 bits per heavy atom. The number of hydrogen-bond donors (Lipinski definition) is 2. The summed E-state index contributed by atoms with van der Waals surface area (Å²) in [6.07, 6.45) is 1.86. The van der Waals surface area contributed by atoms with Crippen molar-refractivity contribution in [1.29, 1.82) is 0 Å². The minimum absolute atomic E-state index is 0.424. The van der Waals surface area contributed by atoms with Gasteiger partial charge in [0.25, 0.3) is 0 Å². The van der Waals surface area contributed by atoms with E-state index in [-0.39, 0.29) is 0 Å². The third-order valence-corrected chi connectivity index (χ3v) is 5.16. The van der Waals surface area contributed by atoms with Crippen LogP contribution in [-0.4, -0.2) is 14.9 Å². The molecule has 0 saturated carbocycles. The summed E-state index contributed by atoms with van der Waals surface area (Å²) < 4.78 is 2.56. The first kappa shape index (κ1) is 19.5. The summed E-state index contributed by atoms with van der Waals surface area (Å²) in [6, 6.07) is 12.7. The van der Waals surface area contributed by atoms with Gasteiger partial charge in [-0.3, -0.25) is 4.68 Å². The van der Waals surface area contributed by atoms with Gasteiger partial charge in [-0.2, -0.15) is 5.10 Å². The Morgan fingerprint density at radius 1 is 1.04 bits per heavy atom. The molecule has 3 aromatic rings. The predicted octanol–water partition coefficient (Wildman–Crippen LogP) is 6.46. The van der Waals surface area contributed by atoms with Gasteiger partial charge in [-0.05, 0) is 70.1 Å². The fourth-order valence-corrected chi connectivity index (χ4v) is 3.27. The molecule has 0 amide bonds. The van der Waals surface area contributed by atoms with Gasteiger partial charge in [0.1, 0.15) is 0 Å². The molecule has 0 aliphatic heterocycles. The molecular formula is C17H12BrCl3N4S. The van der Waals surface area contributed by atoms with E-state index in [1.807, 2.05) is 30.5 Å². The standard InChI is InChI=1S/C17H12BrCl3N4S/c18-13-9-25(8-10-1-6-14(20)15(21)7-10)24-16(13)23-17(26)22-12-4-2-11(19)3-5-12/h1-7,9H,8H2,(H2,22,23,24,26). The van der Waals surface area contributed by atoms with Crippen LogP contribution in [-0.2, 0) is 6.54 Å². The smallest absolute Gasteiger partial charge is 0.176 e. The minimum Gasteiger partial charge on any atom is -0.332 e. The van der Waals surface area contributed by atoms with Crippen molar-refractivity contribution in [2.75, 3.05) is 10.6 Å². The first-order chi connectivity index (χ1) is 12.4. The number of thiocarbonyl (C=S) groups is 1. The molecule has 1 heterocycles. The lowest BCUT2D eigenvalue weighted by molar-refractivity contribution is 0.689. The van der Waals surface area contributed by atoms with Crippen molar-refractivity contribution in [3.05, 3.63) is 73.8 Å². The normalized spacial score (nSPS) is 10.6. The van der Waals surface area contributed by atoms with Crippen LogP contribution in [0.4, 0.5) is 11.5 Å². The monoisotopic (exact) mass is 488 g/mol. The molecule has 4 nitrogen and oxygen atoms in total. The Balaban J connectivity index is 1.66. The van der Waals surface area contributed by atoms with Crippen molar-refractivity contribution in [2.45, 2.75) is 6.54 Å². The summed E-state index contributed by atoms with van der Waals surface area (Å²) in [5.41, 5.74) is 1.82. The number of nitrogens with zero attached hydrogens (tertiary/aromatic N) is 2. The molecule has 9 heteroatoms. The summed E-state index contributed by atoms with van der Waals surface area (Å²) in [6.45, 7) is 0.550. The first-order valence-electron chi connectivity index (χ1n) is 7.41. The number of aromatic nitrogens is 2. The van der Waals surface area contributed by atoms with Crippen LogP contribution in [0.2, 0.25) is 15.1 Å². The van der Waals surface area contributed by atoms with E-state index in [9.17, 15) is 0 Å². The molecule has 26 heavy (non-hydrogen) atoms. The highest BCUT2D eigenvalue weighted by Gasteiger charge is 2.09. The number of benzene rings is 2. The second-order valence-electron chi connectivity index (χ2n) is 5.36. The highest BCUT2D eigenvalue weighted by atomic mass is 79.9. The number of nitrogens with one attached hydrogen (secondary N) is 2. The van der Waals surface area contributed by atoms with Crippen LogP contribution in [0, 0.1) is 0 Å². The lowest BCUT2D eigenvalue weighted by Crippen LogP contribution is -2.19. The van der Waals surface area contributed by atoms with Gasteiger partial charge in [0, 0.05) is 16.9 Å². The maximum Gasteiger partial charge on any atom is 0.176 e. The fraction of sp³-hybridized carbons (Fsp3) is 0.0588. The van der Waals surface area contributed by atoms with Crippen LogP contribution in [0.3, 0.4) is 0 Å². The van der Waals surface area contributed by atoms with E-state index in [0.29, 0.717) is 32.5 Å². The van der Waals surface area contributed by atoms with Gasteiger partial charge < -0.3 is 10.6 Å². The Morgan fingerprint density at radius 2 is 1.77 bits per heavy atom. The number of anilines is 2. The van der Waals surface area contributed by atoms with E-state index in [4.69, 9.17) is 47.0 Å². The topological polar surface area (TPSA) is 41.9 Å². The molecule has 0 aliphatic carbocycles. The van der Waals surface area contributed by atoms with Crippen LogP contribution < -0.4 is 10.6 Å². The molecule has 0 radical (unpaired) electrons. The molecular weight excluding hydrogens is 479 g/mol. The molecule has 3 rings (SSSR count). The molecule has 2 N–H and O–H groups in total. The van der Waals surface area contributed by atoms with Crippen LogP contribution in [0.1, 0.15) is 5.56 Å². The van der Waals surface area contributed by atoms with Crippen molar-refractivity contribution in [2.24, 2.45) is 0 Å². The van der Waals surface area contributed by atoms with Crippen molar-refractivity contribution < 1.29 is 0 Å². The SMILES string of the molecule is S=C(Nc1ccc(Cl)cc1)Nc1nn(Cc2ccc(Cl)c(Cl)c2)cc1Br. The fourth-order valence-electron chi connectivity index (χ4n) is 2.19. The second kappa shape index (κ2) is 8.59. The summed E-state index contributed by atoms with van der Waals surface area (Å²) in [7, 11) is 0. The Bertz CT molecular complexity index is 944. The largest absolute Gasteiger partial charge is 0.332 e. The van der Waals surface area contributed by atoms with Crippen LogP contribution in [0.5, 0.6) is 0 Å². The Labute approximate surface area is 179 Å². The molecule has 0 spiro atoms. The van der Waals surface area contributed by atoms with E-state index < -0.39 is 0 Å². The zero-order chi connectivity index (χ0) is 18.7. The van der Waals surface area contributed by atoms with Crippen LogP contribution in [0.15, 0.2) is 53.1 Å². The summed E-state index contributed by atoms with van der Waals surface area (Å²) in [5.74, 6) is 0.608. The third-order valence-electron chi connectivity index (χ3n) is 3.38. The highest BCUT2D eigenvalue weighted by Crippen LogP contribution is 2.25. The molecule has 0 atom stereocenters. The van der Waals surface area contributed by atoms with Crippen LogP contribution in [0.25, 0.3) is 0 Å². The highest BCUT2D eigenvalue weighted by molar-refractivity contribution is 9.10. The van der Waals surface area contributed by atoms with E-state index >= 15 is 0 Å². The first-order valence-corrected chi connectivity index (χ1v) is 9.74. The summed E-state index contributed by atoms with van der Waals surface area (Å²) in [5, 5.41) is 12.8. The van der Waals surface area contributed by atoms with E-state index in [1.165, 1.54) is 0 Å². The molecule has 134 valence electrons. The van der Waals surface area contributed by atoms with Gasteiger partial charge in [0.15, 0.2) is 10.9 Å². The maximum atomic E-state index is 6.06.